The van der Waals surface area contributed by atoms with E-state index in [0.717, 1.165) is 24.8 Å². The van der Waals surface area contributed by atoms with Crippen LogP contribution in [0.2, 0.25) is 0 Å². The summed E-state index contributed by atoms with van der Waals surface area (Å²) in [4.78, 5) is 11.6. The van der Waals surface area contributed by atoms with Crippen LogP contribution in [0.15, 0.2) is 59.6 Å². The van der Waals surface area contributed by atoms with Crippen LogP contribution in [0.25, 0.3) is 16.8 Å². The number of benzene rings is 2. The SMILES string of the molecule is O=C(O)c1cnnn1-c1ccc(-c2ccccc2S(=O)(=O)N2CCCCC2)cc1. The normalized spacial score (nSPS) is 15.3. The van der Waals surface area contributed by atoms with Gasteiger partial charge in [0.25, 0.3) is 0 Å². The molecule has 4 rings (SSSR count). The highest BCUT2D eigenvalue weighted by Gasteiger charge is 2.28. The molecule has 1 N–H and O–H groups in total. The number of piperidine rings is 1. The Labute approximate surface area is 168 Å². The number of rotatable bonds is 5. The molecule has 0 unspecified atom stereocenters. The maximum absolute atomic E-state index is 13.2. The van der Waals surface area contributed by atoms with Crippen molar-refractivity contribution in [2.24, 2.45) is 0 Å². The quantitative estimate of drug-likeness (QED) is 0.691. The zero-order valence-electron chi connectivity index (χ0n) is 15.6. The van der Waals surface area contributed by atoms with Crippen molar-refractivity contribution in [3.63, 3.8) is 0 Å². The van der Waals surface area contributed by atoms with Gasteiger partial charge in [0.15, 0.2) is 5.69 Å². The van der Waals surface area contributed by atoms with Gasteiger partial charge in [0.05, 0.1) is 16.8 Å². The van der Waals surface area contributed by atoms with Crippen LogP contribution in [0.3, 0.4) is 0 Å². The molecule has 1 aliphatic rings. The number of aromatic carboxylic acids is 1. The van der Waals surface area contributed by atoms with Crippen molar-refractivity contribution < 1.29 is 18.3 Å². The third-order valence-electron chi connectivity index (χ3n) is 5.01. The maximum Gasteiger partial charge on any atom is 0.356 e. The minimum Gasteiger partial charge on any atom is -0.476 e. The Hall–Kier alpha value is -3.04. The Morgan fingerprint density at radius 1 is 0.966 bits per heavy atom. The molecule has 1 aromatic heterocycles. The van der Waals surface area contributed by atoms with Crippen LogP contribution in [0.1, 0.15) is 29.8 Å². The first kappa shape index (κ1) is 19.3. The minimum absolute atomic E-state index is 0.0502. The first-order valence-corrected chi connectivity index (χ1v) is 10.8. The molecule has 1 saturated heterocycles. The molecule has 0 atom stereocenters. The van der Waals surface area contributed by atoms with Crippen molar-refractivity contribution in [3.8, 4) is 16.8 Å². The third-order valence-corrected chi connectivity index (χ3v) is 6.97. The number of carboxylic acids is 1. The molecule has 29 heavy (non-hydrogen) atoms. The fourth-order valence-corrected chi connectivity index (χ4v) is 5.26. The van der Waals surface area contributed by atoms with Gasteiger partial charge < -0.3 is 5.11 Å². The van der Waals surface area contributed by atoms with E-state index in [1.54, 1.807) is 52.8 Å². The maximum atomic E-state index is 13.2. The molecule has 1 fully saturated rings. The van der Waals surface area contributed by atoms with Gasteiger partial charge >= 0.3 is 5.97 Å². The van der Waals surface area contributed by atoms with Crippen LogP contribution < -0.4 is 0 Å². The van der Waals surface area contributed by atoms with Crippen molar-refractivity contribution in [2.45, 2.75) is 24.2 Å². The lowest BCUT2D eigenvalue weighted by molar-refractivity contribution is 0.0687. The first-order chi connectivity index (χ1) is 14.0. The second-order valence-electron chi connectivity index (χ2n) is 6.84. The fraction of sp³-hybridized carbons (Fsp3) is 0.250. The monoisotopic (exact) mass is 412 g/mol. The number of hydrogen-bond acceptors (Lipinski definition) is 5. The van der Waals surface area contributed by atoms with Crippen molar-refractivity contribution in [1.29, 1.82) is 0 Å². The molecule has 8 nitrogen and oxygen atoms in total. The van der Waals surface area contributed by atoms with Crippen molar-refractivity contribution in [3.05, 3.63) is 60.4 Å². The van der Waals surface area contributed by atoms with Crippen LogP contribution >= 0.6 is 0 Å². The van der Waals surface area contributed by atoms with E-state index in [1.165, 1.54) is 10.9 Å². The van der Waals surface area contributed by atoms with E-state index in [4.69, 9.17) is 0 Å². The molecule has 0 saturated carbocycles. The average Bonchev–Trinajstić information content (AvgIpc) is 3.25. The van der Waals surface area contributed by atoms with Gasteiger partial charge in [-0.15, -0.1) is 5.10 Å². The fourth-order valence-electron chi connectivity index (χ4n) is 3.53. The number of carbonyl (C=O) groups is 1. The number of sulfonamides is 1. The Morgan fingerprint density at radius 2 is 1.66 bits per heavy atom. The molecule has 0 aliphatic carbocycles. The molecule has 0 amide bonds. The molecular formula is C20H20N4O4S. The second-order valence-corrected chi connectivity index (χ2v) is 8.75. The van der Waals surface area contributed by atoms with Gasteiger partial charge in [-0.05, 0) is 36.6 Å². The summed E-state index contributed by atoms with van der Waals surface area (Å²) in [5.74, 6) is -1.13. The summed E-state index contributed by atoms with van der Waals surface area (Å²) in [6, 6.07) is 13.8. The summed E-state index contributed by atoms with van der Waals surface area (Å²) in [6.45, 7) is 1.08. The van der Waals surface area contributed by atoms with Crippen molar-refractivity contribution >= 4 is 16.0 Å². The van der Waals surface area contributed by atoms with Crippen LogP contribution in [0, 0.1) is 0 Å². The second kappa shape index (κ2) is 7.76. The lowest BCUT2D eigenvalue weighted by Gasteiger charge is -2.26. The number of aromatic nitrogens is 3. The Morgan fingerprint density at radius 3 is 2.34 bits per heavy atom. The number of hydrogen-bond donors (Lipinski definition) is 1. The molecule has 0 radical (unpaired) electrons. The van der Waals surface area contributed by atoms with Crippen LogP contribution in [0.5, 0.6) is 0 Å². The smallest absolute Gasteiger partial charge is 0.356 e. The van der Waals surface area contributed by atoms with Crippen molar-refractivity contribution in [2.75, 3.05) is 13.1 Å². The standard InChI is InChI=1S/C20H20N4O4S/c25-20(26)18-14-21-22-24(18)16-10-8-15(9-11-16)17-6-2-3-7-19(17)29(27,28)23-12-4-1-5-13-23/h2-3,6-11,14H,1,4-5,12-13H2,(H,25,26). The number of nitrogens with zero attached hydrogens (tertiary/aromatic N) is 4. The first-order valence-electron chi connectivity index (χ1n) is 9.32. The highest BCUT2D eigenvalue weighted by atomic mass is 32.2. The van der Waals surface area contributed by atoms with Gasteiger partial charge in [-0.1, -0.05) is 42.0 Å². The Kier molecular flexibility index (Phi) is 5.16. The molecule has 3 aromatic rings. The molecule has 150 valence electrons. The highest BCUT2D eigenvalue weighted by molar-refractivity contribution is 7.89. The van der Waals surface area contributed by atoms with E-state index >= 15 is 0 Å². The summed E-state index contributed by atoms with van der Waals surface area (Å²) >= 11 is 0. The van der Waals surface area contributed by atoms with Crippen LogP contribution in [-0.2, 0) is 10.0 Å². The third kappa shape index (κ3) is 3.66. The van der Waals surface area contributed by atoms with E-state index in [-0.39, 0.29) is 10.6 Å². The summed E-state index contributed by atoms with van der Waals surface area (Å²) < 4.78 is 29.2. The van der Waals surface area contributed by atoms with Gasteiger partial charge in [-0.25, -0.2) is 17.9 Å². The van der Waals surface area contributed by atoms with Crippen LogP contribution in [0.4, 0.5) is 0 Å². The van der Waals surface area contributed by atoms with E-state index < -0.39 is 16.0 Å². The molecule has 2 heterocycles. The largest absolute Gasteiger partial charge is 0.476 e. The Bertz CT molecular complexity index is 1130. The van der Waals surface area contributed by atoms with E-state index in [9.17, 15) is 18.3 Å². The highest BCUT2D eigenvalue weighted by Crippen LogP contribution is 2.31. The molecular weight excluding hydrogens is 392 g/mol. The summed E-state index contributed by atoms with van der Waals surface area (Å²) in [5.41, 5.74) is 1.81. The minimum atomic E-state index is -3.58. The van der Waals surface area contributed by atoms with E-state index in [0.29, 0.717) is 24.3 Å². The predicted molar refractivity (Wildman–Crippen MR) is 106 cm³/mol. The summed E-state index contributed by atoms with van der Waals surface area (Å²) in [5, 5.41) is 16.7. The zero-order chi connectivity index (χ0) is 20.4. The average molecular weight is 412 g/mol. The predicted octanol–water partition coefficient (Wildman–Crippen LogP) is 2.81. The van der Waals surface area contributed by atoms with Gasteiger partial charge in [-0.3, -0.25) is 0 Å². The van der Waals surface area contributed by atoms with E-state index in [1.807, 2.05) is 0 Å². The van der Waals surface area contributed by atoms with E-state index in [2.05, 4.69) is 10.3 Å². The zero-order valence-corrected chi connectivity index (χ0v) is 16.4. The molecule has 9 heteroatoms. The molecule has 2 aromatic carbocycles. The van der Waals surface area contributed by atoms with Crippen molar-refractivity contribution in [1.82, 2.24) is 19.3 Å². The lowest BCUT2D eigenvalue weighted by Crippen LogP contribution is -2.35. The summed E-state index contributed by atoms with van der Waals surface area (Å²) in [7, 11) is -3.58. The van der Waals surface area contributed by atoms with Gasteiger partial charge in [-0.2, -0.15) is 4.31 Å². The van der Waals surface area contributed by atoms with Gasteiger partial charge in [0.1, 0.15) is 0 Å². The molecule has 0 bridgehead atoms. The topological polar surface area (TPSA) is 105 Å². The summed E-state index contributed by atoms with van der Waals surface area (Å²) in [6.07, 6.45) is 3.98. The van der Waals surface area contributed by atoms with Gasteiger partial charge in [0, 0.05) is 18.7 Å². The lowest BCUT2D eigenvalue weighted by atomic mass is 10.1. The van der Waals surface area contributed by atoms with Crippen LogP contribution in [-0.4, -0.2) is 51.9 Å². The Balaban J connectivity index is 1.71. The molecule has 1 aliphatic heterocycles. The molecule has 0 spiro atoms. The van der Waals surface area contributed by atoms with Gasteiger partial charge in [0.2, 0.25) is 10.0 Å². The number of carboxylic acid groups (broad SMARTS) is 1.